The number of hydrogen-bond donors (Lipinski definition) is 2. The fraction of sp³-hybridized carbons (Fsp3) is 0.600. The van der Waals surface area contributed by atoms with Gasteiger partial charge in [-0.15, -0.1) is 0 Å². The first-order chi connectivity index (χ1) is 12.8. The smallest absolute Gasteiger partial charge is 0.227 e. The van der Waals surface area contributed by atoms with Crippen molar-refractivity contribution in [3.63, 3.8) is 0 Å². The van der Waals surface area contributed by atoms with Crippen LogP contribution in [-0.4, -0.2) is 44.2 Å². The first-order valence-electron chi connectivity index (χ1n) is 9.79. The number of carbonyl (C=O) groups excluding carboxylic acids is 1. The molecule has 1 amide bonds. The van der Waals surface area contributed by atoms with E-state index in [-0.39, 0.29) is 5.91 Å². The van der Waals surface area contributed by atoms with Crippen LogP contribution in [0.4, 0.5) is 5.69 Å². The van der Waals surface area contributed by atoms with Crippen molar-refractivity contribution in [3.8, 4) is 0 Å². The summed E-state index contributed by atoms with van der Waals surface area (Å²) in [5.74, 6) is 1.06. The standard InChI is InChI=1S/C20H30N4O2/c1-2-21-20(22-12-11-18-5-4-14-26-18)23-15-16-7-9-17(10-8-16)24-13-3-6-19(24)25/h7-10,18H,2-6,11-15H2,1H3,(H2,21,22,23). The molecule has 0 aromatic heterocycles. The second-order valence-electron chi connectivity index (χ2n) is 6.86. The van der Waals surface area contributed by atoms with Crippen LogP contribution in [0.5, 0.6) is 0 Å². The Balaban J connectivity index is 1.50. The minimum Gasteiger partial charge on any atom is -0.378 e. The number of ether oxygens (including phenoxy) is 1. The van der Waals surface area contributed by atoms with Crippen molar-refractivity contribution < 1.29 is 9.53 Å². The number of rotatable bonds is 7. The van der Waals surface area contributed by atoms with Gasteiger partial charge in [0, 0.05) is 38.3 Å². The Hall–Kier alpha value is -2.08. The number of benzene rings is 1. The van der Waals surface area contributed by atoms with Crippen molar-refractivity contribution in [1.29, 1.82) is 0 Å². The molecule has 0 saturated carbocycles. The van der Waals surface area contributed by atoms with E-state index in [1.165, 1.54) is 12.8 Å². The molecule has 6 nitrogen and oxygen atoms in total. The molecule has 26 heavy (non-hydrogen) atoms. The van der Waals surface area contributed by atoms with Crippen LogP contribution in [-0.2, 0) is 16.1 Å². The summed E-state index contributed by atoms with van der Waals surface area (Å²) in [6.07, 6.45) is 5.37. The van der Waals surface area contributed by atoms with Crippen LogP contribution in [0.3, 0.4) is 0 Å². The van der Waals surface area contributed by atoms with E-state index in [9.17, 15) is 4.79 Å². The molecule has 0 bridgehead atoms. The summed E-state index contributed by atoms with van der Waals surface area (Å²) in [6.45, 7) is 6.12. The SMILES string of the molecule is CCNC(=NCc1ccc(N2CCCC2=O)cc1)NCCC1CCCO1. The summed E-state index contributed by atoms with van der Waals surface area (Å²) in [5, 5.41) is 6.67. The van der Waals surface area contributed by atoms with Crippen LogP contribution in [0.2, 0.25) is 0 Å². The predicted molar refractivity (Wildman–Crippen MR) is 104 cm³/mol. The first kappa shape index (κ1) is 18.7. The maximum atomic E-state index is 11.8. The number of nitrogens with zero attached hydrogens (tertiary/aromatic N) is 2. The van der Waals surface area contributed by atoms with Crippen molar-refractivity contribution in [3.05, 3.63) is 29.8 Å². The lowest BCUT2D eigenvalue weighted by molar-refractivity contribution is -0.117. The Morgan fingerprint density at radius 3 is 2.77 bits per heavy atom. The number of aliphatic imine (C=N–C) groups is 1. The van der Waals surface area contributed by atoms with Gasteiger partial charge < -0.3 is 20.3 Å². The molecule has 0 aliphatic carbocycles. The van der Waals surface area contributed by atoms with Crippen LogP contribution in [0.1, 0.15) is 44.6 Å². The van der Waals surface area contributed by atoms with Gasteiger partial charge in [-0.1, -0.05) is 12.1 Å². The molecule has 2 saturated heterocycles. The summed E-state index contributed by atoms with van der Waals surface area (Å²) >= 11 is 0. The largest absolute Gasteiger partial charge is 0.378 e. The van der Waals surface area contributed by atoms with E-state index >= 15 is 0 Å². The Bertz CT molecular complexity index is 609. The molecule has 2 heterocycles. The predicted octanol–water partition coefficient (Wildman–Crippen LogP) is 2.44. The molecule has 1 aromatic carbocycles. The maximum absolute atomic E-state index is 11.8. The van der Waals surface area contributed by atoms with Crippen LogP contribution in [0.15, 0.2) is 29.3 Å². The molecule has 1 atom stereocenters. The molecule has 6 heteroatoms. The van der Waals surface area contributed by atoms with E-state index in [0.29, 0.717) is 19.1 Å². The molecule has 0 radical (unpaired) electrons. The Kier molecular flexibility index (Phi) is 6.89. The number of hydrogen-bond acceptors (Lipinski definition) is 3. The molecule has 0 spiro atoms. The van der Waals surface area contributed by atoms with Gasteiger partial charge in [-0.25, -0.2) is 4.99 Å². The van der Waals surface area contributed by atoms with Gasteiger partial charge in [0.1, 0.15) is 0 Å². The van der Waals surface area contributed by atoms with Gasteiger partial charge in [0.2, 0.25) is 5.91 Å². The second kappa shape index (κ2) is 9.57. The van der Waals surface area contributed by atoms with Gasteiger partial charge in [-0.05, 0) is 50.3 Å². The van der Waals surface area contributed by atoms with Crippen LogP contribution in [0, 0.1) is 0 Å². The topological polar surface area (TPSA) is 66.0 Å². The van der Waals surface area contributed by atoms with Gasteiger partial charge in [0.25, 0.3) is 0 Å². The highest BCUT2D eigenvalue weighted by atomic mass is 16.5. The Morgan fingerprint density at radius 1 is 1.27 bits per heavy atom. The van der Waals surface area contributed by atoms with E-state index < -0.39 is 0 Å². The third-order valence-electron chi connectivity index (χ3n) is 4.87. The van der Waals surface area contributed by atoms with Gasteiger partial charge in [0.15, 0.2) is 5.96 Å². The average Bonchev–Trinajstić information content (AvgIpc) is 3.32. The number of anilines is 1. The number of amides is 1. The van der Waals surface area contributed by atoms with E-state index in [1.807, 2.05) is 17.0 Å². The van der Waals surface area contributed by atoms with Crippen molar-refractivity contribution in [2.45, 2.75) is 51.7 Å². The third kappa shape index (κ3) is 5.21. The number of nitrogens with one attached hydrogen (secondary N) is 2. The maximum Gasteiger partial charge on any atom is 0.227 e. The minimum atomic E-state index is 0.223. The monoisotopic (exact) mass is 358 g/mol. The van der Waals surface area contributed by atoms with Gasteiger partial charge >= 0.3 is 0 Å². The summed E-state index contributed by atoms with van der Waals surface area (Å²) in [7, 11) is 0. The minimum absolute atomic E-state index is 0.223. The average molecular weight is 358 g/mol. The fourth-order valence-corrected chi connectivity index (χ4v) is 3.44. The van der Waals surface area contributed by atoms with Crippen LogP contribution < -0.4 is 15.5 Å². The highest BCUT2D eigenvalue weighted by molar-refractivity contribution is 5.95. The molecule has 2 fully saturated rings. The highest BCUT2D eigenvalue weighted by Gasteiger charge is 2.21. The van der Waals surface area contributed by atoms with Gasteiger partial charge in [0.05, 0.1) is 12.6 Å². The molecular formula is C20H30N4O2. The lowest BCUT2D eigenvalue weighted by Crippen LogP contribution is -2.38. The molecule has 2 aliphatic rings. The number of guanidine groups is 1. The highest BCUT2D eigenvalue weighted by Crippen LogP contribution is 2.21. The quantitative estimate of drug-likeness (QED) is 0.580. The zero-order valence-electron chi connectivity index (χ0n) is 15.7. The normalized spacial score (nSPS) is 20.7. The summed E-state index contributed by atoms with van der Waals surface area (Å²) in [4.78, 5) is 18.3. The van der Waals surface area contributed by atoms with E-state index in [1.54, 1.807) is 0 Å². The molecule has 1 unspecified atom stereocenters. The zero-order valence-corrected chi connectivity index (χ0v) is 15.7. The van der Waals surface area contributed by atoms with Crippen molar-refractivity contribution in [2.24, 2.45) is 4.99 Å². The van der Waals surface area contributed by atoms with Crippen molar-refractivity contribution in [2.75, 3.05) is 31.1 Å². The summed E-state index contributed by atoms with van der Waals surface area (Å²) in [6, 6.07) is 8.15. The van der Waals surface area contributed by atoms with E-state index in [2.05, 4.69) is 34.7 Å². The molecule has 1 aromatic rings. The van der Waals surface area contributed by atoms with Crippen molar-refractivity contribution in [1.82, 2.24) is 10.6 Å². The van der Waals surface area contributed by atoms with Gasteiger partial charge in [-0.3, -0.25) is 4.79 Å². The number of carbonyl (C=O) groups is 1. The van der Waals surface area contributed by atoms with Gasteiger partial charge in [-0.2, -0.15) is 0 Å². The zero-order chi connectivity index (χ0) is 18.2. The van der Waals surface area contributed by atoms with E-state index in [4.69, 9.17) is 4.74 Å². The first-order valence-corrected chi connectivity index (χ1v) is 9.79. The van der Waals surface area contributed by atoms with Crippen molar-refractivity contribution >= 4 is 17.6 Å². The van der Waals surface area contributed by atoms with Crippen LogP contribution >= 0.6 is 0 Å². The lowest BCUT2D eigenvalue weighted by Gasteiger charge is -2.16. The van der Waals surface area contributed by atoms with E-state index in [0.717, 1.165) is 56.3 Å². The fourth-order valence-electron chi connectivity index (χ4n) is 3.44. The summed E-state index contributed by atoms with van der Waals surface area (Å²) in [5.41, 5.74) is 2.12. The second-order valence-corrected chi connectivity index (χ2v) is 6.86. The third-order valence-corrected chi connectivity index (χ3v) is 4.87. The summed E-state index contributed by atoms with van der Waals surface area (Å²) < 4.78 is 5.66. The molecule has 142 valence electrons. The lowest BCUT2D eigenvalue weighted by atomic mass is 10.2. The van der Waals surface area contributed by atoms with Crippen LogP contribution in [0.25, 0.3) is 0 Å². The molecule has 3 rings (SSSR count). The molecule has 2 N–H and O–H groups in total. The molecular weight excluding hydrogens is 328 g/mol. The molecule has 2 aliphatic heterocycles. The Morgan fingerprint density at radius 2 is 2.12 bits per heavy atom. The Labute approximate surface area is 156 Å².